The molecule has 0 radical (unpaired) electrons. The predicted molar refractivity (Wildman–Crippen MR) is 107 cm³/mol. The SMILES string of the molecule is CCCCC[C@H]1CC[C@H](c2ccc(OC)c(-c3cc(F)c(F)c(F)c3)c2)CC1. The zero-order valence-electron chi connectivity index (χ0n) is 16.7. The largest absolute Gasteiger partial charge is 0.496 e. The Bertz CT molecular complexity index is 771. The van der Waals surface area contributed by atoms with Crippen LogP contribution < -0.4 is 4.74 Å². The van der Waals surface area contributed by atoms with Gasteiger partial charge in [-0.15, -0.1) is 0 Å². The minimum Gasteiger partial charge on any atom is -0.496 e. The highest BCUT2D eigenvalue weighted by Gasteiger charge is 2.23. The maximum Gasteiger partial charge on any atom is 0.194 e. The minimum atomic E-state index is -1.44. The molecule has 152 valence electrons. The molecule has 1 nitrogen and oxygen atoms in total. The van der Waals surface area contributed by atoms with E-state index in [0.717, 1.165) is 36.5 Å². The molecular weight excluding hydrogens is 361 g/mol. The fourth-order valence-electron chi connectivity index (χ4n) is 4.38. The molecule has 1 aliphatic rings. The van der Waals surface area contributed by atoms with Crippen LogP contribution in [0.1, 0.15) is 69.8 Å². The first kappa shape index (κ1) is 20.8. The van der Waals surface area contributed by atoms with Crippen LogP contribution in [-0.2, 0) is 0 Å². The number of benzene rings is 2. The molecule has 2 aromatic rings. The topological polar surface area (TPSA) is 9.23 Å². The van der Waals surface area contributed by atoms with Crippen molar-refractivity contribution < 1.29 is 17.9 Å². The lowest BCUT2D eigenvalue weighted by atomic mass is 9.76. The summed E-state index contributed by atoms with van der Waals surface area (Å²) in [7, 11) is 1.52. The van der Waals surface area contributed by atoms with E-state index in [4.69, 9.17) is 4.74 Å². The Morgan fingerprint density at radius 1 is 0.929 bits per heavy atom. The second kappa shape index (κ2) is 9.49. The van der Waals surface area contributed by atoms with Gasteiger partial charge >= 0.3 is 0 Å². The lowest BCUT2D eigenvalue weighted by Crippen LogP contribution is -2.13. The number of unbranched alkanes of at least 4 members (excludes halogenated alkanes) is 2. The minimum absolute atomic E-state index is 0.295. The Kier molecular flexibility index (Phi) is 7.03. The van der Waals surface area contributed by atoms with Crippen LogP contribution in [0, 0.1) is 23.4 Å². The quantitative estimate of drug-likeness (QED) is 0.349. The van der Waals surface area contributed by atoms with Crippen LogP contribution in [0.4, 0.5) is 13.2 Å². The molecule has 1 fully saturated rings. The summed E-state index contributed by atoms with van der Waals surface area (Å²) in [4.78, 5) is 0. The van der Waals surface area contributed by atoms with Crippen molar-refractivity contribution in [1.29, 1.82) is 0 Å². The Morgan fingerprint density at radius 2 is 1.61 bits per heavy atom. The standard InChI is InChI=1S/C24H29F3O/c1-3-4-5-6-16-7-9-17(10-8-16)18-11-12-23(28-2)20(13-18)19-14-21(25)24(27)22(26)15-19/h11-17H,3-10H2,1-2H3/t16-,17-. The first-order chi connectivity index (χ1) is 13.5. The smallest absolute Gasteiger partial charge is 0.194 e. The molecule has 0 spiro atoms. The maximum atomic E-state index is 13.7. The van der Waals surface area contributed by atoms with Gasteiger partial charge in [0.1, 0.15) is 5.75 Å². The summed E-state index contributed by atoms with van der Waals surface area (Å²) in [5, 5.41) is 0. The molecule has 1 aliphatic carbocycles. The third kappa shape index (κ3) is 4.71. The van der Waals surface area contributed by atoms with Gasteiger partial charge in [0.05, 0.1) is 7.11 Å². The summed E-state index contributed by atoms with van der Waals surface area (Å²) < 4.78 is 46.2. The lowest BCUT2D eigenvalue weighted by Gasteiger charge is -2.29. The third-order valence-electron chi connectivity index (χ3n) is 6.05. The zero-order valence-corrected chi connectivity index (χ0v) is 16.7. The Hall–Kier alpha value is -1.97. The van der Waals surface area contributed by atoms with Gasteiger partial charge in [-0.1, -0.05) is 38.7 Å². The molecule has 28 heavy (non-hydrogen) atoms. The fraction of sp³-hybridized carbons (Fsp3) is 0.500. The molecular formula is C24H29F3O. The van der Waals surface area contributed by atoms with Gasteiger partial charge in [0.15, 0.2) is 17.5 Å². The van der Waals surface area contributed by atoms with E-state index in [0.29, 0.717) is 22.8 Å². The van der Waals surface area contributed by atoms with Crippen LogP contribution >= 0.6 is 0 Å². The molecule has 2 aromatic carbocycles. The summed E-state index contributed by atoms with van der Waals surface area (Å²) >= 11 is 0. The molecule has 0 amide bonds. The Labute approximate surface area is 165 Å². The van der Waals surface area contributed by atoms with Crippen molar-refractivity contribution in [2.75, 3.05) is 7.11 Å². The van der Waals surface area contributed by atoms with Gasteiger partial charge < -0.3 is 4.74 Å². The van der Waals surface area contributed by atoms with E-state index < -0.39 is 17.5 Å². The van der Waals surface area contributed by atoms with Crippen molar-refractivity contribution in [3.8, 4) is 16.9 Å². The van der Waals surface area contributed by atoms with Gasteiger partial charge in [0.2, 0.25) is 0 Å². The lowest BCUT2D eigenvalue weighted by molar-refractivity contribution is 0.302. The number of ether oxygens (including phenoxy) is 1. The number of halogens is 3. The van der Waals surface area contributed by atoms with Gasteiger partial charge in [-0.25, -0.2) is 13.2 Å². The molecule has 0 heterocycles. The van der Waals surface area contributed by atoms with Crippen molar-refractivity contribution in [1.82, 2.24) is 0 Å². The van der Waals surface area contributed by atoms with Crippen LogP contribution in [0.15, 0.2) is 30.3 Å². The van der Waals surface area contributed by atoms with Gasteiger partial charge in [-0.05, 0) is 72.9 Å². The van der Waals surface area contributed by atoms with Crippen molar-refractivity contribution in [3.05, 3.63) is 53.3 Å². The van der Waals surface area contributed by atoms with Gasteiger partial charge in [-0.2, -0.15) is 0 Å². The molecule has 0 N–H and O–H groups in total. The molecule has 0 unspecified atom stereocenters. The summed E-state index contributed by atoms with van der Waals surface area (Å²) in [6.07, 6.45) is 9.94. The molecule has 1 saturated carbocycles. The van der Waals surface area contributed by atoms with Crippen molar-refractivity contribution in [2.45, 2.75) is 64.2 Å². The van der Waals surface area contributed by atoms with Gasteiger partial charge in [-0.3, -0.25) is 0 Å². The second-order valence-electron chi connectivity index (χ2n) is 7.93. The predicted octanol–water partition coefficient (Wildman–Crippen LogP) is 7.63. The van der Waals surface area contributed by atoms with Gasteiger partial charge in [0.25, 0.3) is 0 Å². The van der Waals surface area contributed by atoms with E-state index in [1.165, 1.54) is 45.6 Å². The first-order valence-electron chi connectivity index (χ1n) is 10.4. The summed E-state index contributed by atoms with van der Waals surface area (Å²) in [6.45, 7) is 2.23. The van der Waals surface area contributed by atoms with Gasteiger partial charge in [0, 0.05) is 5.56 Å². The highest BCUT2D eigenvalue weighted by atomic mass is 19.2. The number of hydrogen-bond acceptors (Lipinski definition) is 1. The fourth-order valence-corrected chi connectivity index (χ4v) is 4.38. The summed E-state index contributed by atoms with van der Waals surface area (Å²) in [5.74, 6) is -2.02. The summed E-state index contributed by atoms with van der Waals surface area (Å²) in [5.41, 5.74) is 2.05. The molecule has 3 rings (SSSR count). The zero-order chi connectivity index (χ0) is 20.1. The molecule has 4 heteroatoms. The van der Waals surface area contributed by atoms with Crippen LogP contribution in [0.25, 0.3) is 11.1 Å². The monoisotopic (exact) mass is 390 g/mol. The summed E-state index contributed by atoms with van der Waals surface area (Å²) in [6, 6.07) is 7.90. The number of methoxy groups -OCH3 is 1. The third-order valence-corrected chi connectivity index (χ3v) is 6.05. The van der Waals surface area contributed by atoms with E-state index >= 15 is 0 Å². The Morgan fingerprint density at radius 3 is 2.21 bits per heavy atom. The average Bonchev–Trinajstić information content (AvgIpc) is 2.72. The van der Waals surface area contributed by atoms with Crippen molar-refractivity contribution in [3.63, 3.8) is 0 Å². The average molecular weight is 390 g/mol. The molecule has 0 saturated heterocycles. The molecule has 0 aromatic heterocycles. The van der Waals surface area contributed by atoms with Crippen LogP contribution in [-0.4, -0.2) is 7.11 Å². The van der Waals surface area contributed by atoms with E-state index in [1.807, 2.05) is 18.2 Å². The van der Waals surface area contributed by atoms with E-state index in [2.05, 4.69) is 6.92 Å². The first-order valence-corrected chi connectivity index (χ1v) is 10.4. The molecule has 0 atom stereocenters. The molecule has 0 bridgehead atoms. The van der Waals surface area contributed by atoms with Crippen molar-refractivity contribution >= 4 is 0 Å². The van der Waals surface area contributed by atoms with Crippen LogP contribution in [0.3, 0.4) is 0 Å². The number of rotatable bonds is 7. The number of hydrogen-bond donors (Lipinski definition) is 0. The highest BCUT2D eigenvalue weighted by molar-refractivity contribution is 5.71. The van der Waals surface area contributed by atoms with E-state index in [-0.39, 0.29) is 0 Å². The van der Waals surface area contributed by atoms with Crippen LogP contribution in [0.2, 0.25) is 0 Å². The Balaban J connectivity index is 1.79. The second-order valence-corrected chi connectivity index (χ2v) is 7.93. The van der Waals surface area contributed by atoms with E-state index in [1.54, 1.807) is 0 Å². The normalized spacial score (nSPS) is 19.6. The molecule has 0 aliphatic heterocycles. The maximum absolute atomic E-state index is 13.7. The van der Waals surface area contributed by atoms with E-state index in [9.17, 15) is 13.2 Å². The van der Waals surface area contributed by atoms with Crippen LogP contribution in [0.5, 0.6) is 5.75 Å². The highest BCUT2D eigenvalue weighted by Crippen LogP contribution is 2.41. The van der Waals surface area contributed by atoms with Crippen molar-refractivity contribution in [2.24, 2.45) is 5.92 Å².